The molecule has 11 nitrogen and oxygen atoms in total. The summed E-state index contributed by atoms with van der Waals surface area (Å²) in [6.07, 6.45) is -0.958. The lowest BCUT2D eigenvalue weighted by Gasteiger charge is -2.28. The van der Waals surface area contributed by atoms with E-state index in [1.54, 1.807) is 24.3 Å². The molecule has 4 rings (SSSR count). The van der Waals surface area contributed by atoms with E-state index in [2.05, 4.69) is 10.6 Å². The molecule has 2 aliphatic rings. The molecule has 0 saturated carbocycles. The smallest absolute Gasteiger partial charge is 0.337 e. The van der Waals surface area contributed by atoms with Gasteiger partial charge in [0.25, 0.3) is 5.91 Å². The van der Waals surface area contributed by atoms with Crippen molar-refractivity contribution in [3.63, 3.8) is 0 Å². The highest BCUT2D eigenvalue weighted by Gasteiger charge is 2.41. The van der Waals surface area contributed by atoms with Crippen LogP contribution in [-0.4, -0.2) is 77.4 Å². The number of hydrogen-bond acceptors (Lipinski definition) is 6. The maximum Gasteiger partial charge on any atom is 0.337 e. The number of nitrogens with zero attached hydrogens (tertiary/aromatic N) is 2. The first-order valence-electron chi connectivity index (χ1n) is 10.8. The third-order valence-corrected chi connectivity index (χ3v) is 6.03. The molecule has 12 heteroatoms. The Kier molecular flexibility index (Phi) is 7.20. The number of aliphatic hydroxyl groups is 1. The Hall–Kier alpha value is -3.67. The van der Waals surface area contributed by atoms with E-state index in [4.69, 9.17) is 16.3 Å². The van der Waals surface area contributed by atoms with Crippen molar-refractivity contribution in [3.8, 4) is 0 Å². The number of nitrogens with one attached hydrogen (secondary N) is 2. The highest BCUT2D eigenvalue weighted by molar-refractivity contribution is 6.30. The number of likely N-dealkylation sites (tertiary alicyclic amines) is 1. The van der Waals surface area contributed by atoms with Gasteiger partial charge in [-0.1, -0.05) is 11.6 Å². The summed E-state index contributed by atoms with van der Waals surface area (Å²) in [6.45, 7) is 0.618. The zero-order chi connectivity index (χ0) is 25.1. The Labute approximate surface area is 205 Å². The van der Waals surface area contributed by atoms with Crippen molar-refractivity contribution in [2.45, 2.75) is 18.6 Å². The van der Waals surface area contributed by atoms with Crippen LogP contribution in [0.5, 0.6) is 0 Å². The summed E-state index contributed by atoms with van der Waals surface area (Å²) in [4.78, 5) is 52.4. The van der Waals surface area contributed by atoms with Crippen LogP contribution in [0.4, 0.5) is 21.9 Å². The van der Waals surface area contributed by atoms with Gasteiger partial charge in [0, 0.05) is 29.5 Å². The molecule has 0 radical (unpaired) electrons. The molecule has 4 N–H and O–H groups in total. The highest BCUT2D eigenvalue weighted by atomic mass is 35.5. The summed E-state index contributed by atoms with van der Waals surface area (Å²) < 4.78 is 5.10. The van der Waals surface area contributed by atoms with Gasteiger partial charge in [-0.25, -0.2) is 9.59 Å². The number of urea groups is 1. The standard InChI is InChI=1S/C23H23ClN4O7/c24-13-1-3-14(4-2-13)25-23(34)28-8-7-18(29)20(28)21(31)26-17-6-5-15(11-16(17)22(32)33)27-9-10-35-12-19(27)30/h1-6,11,18,20,29H,7-10,12H2,(H,25,34)(H,26,31)(H,32,33)/t18?,20-/m1/s1. The quantitative estimate of drug-likeness (QED) is 0.488. The van der Waals surface area contributed by atoms with Crippen LogP contribution in [-0.2, 0) is 14.3 Å². The maximum atomic E-state index is 13.1. The topological polar surface area (TPSA) is 149 Å². The van der Waals surface area contributed by atoms with Gasteiger partial charge in [0.15, 0.2) is 0 Å². The monoisotopic (exact) mass is 502 g/mol. The average Bonchev–Trinajstić information content (AvgIpc) is 3.22. The Morgan fingerprint density at radius 1 is 1.06 bits per heavy atom. The fourth-order valence-electron chi connectivity index (χ4n) is 4.03. The molecular formula is C23H23ClN4O7. The average molecular weight is 503 g/mol. The molecule has 0 spiro atoms. The number of carboxylic acid groups (broad SMARTS) is 1. The second kappa shape index (κ2) is 10.3. The number of anilines is 3. The third kappa shape index (κ3) is 5.37. The molecule has 0 aromatic heterocycles. The molecule has 0 bridgehead atoms. The highest BCUT2D eigenvalue weighted by Crippen LogP contribution is 2.27. The first-order chi connectivity index (χ1) is 16.7. The normalized spacial score (nSPS) is 20.0. The number of aromatic carboxylic acids is 1. The van der Waals surface area contributed by atoms with E-state index < -0.39 is 30.1 Å². The Balaban J connectivity index is 1.52. The van der Waals surface area contributed by atoms with E-state index in [9.17, 15) is 29.4 Å². The fourth-order valence-corrected chi connectivity index (χ4v) is 4.16. The molecule has 4 amide bonds. The molecule has 1 unspecified atom stereocenters. The first kappa shape index (κ1) is 24.5. The van der Waals surface area contributed by atoms with Crippen LogP contribution in [0.25, 0.3) is 0 Å². The van der Waals surface area contributed by atoms with E-state index in [1.165, 1.54) is 28.0 Å². The van der Waals surface area contributed by atoms with Crippen molar-refractivity contribution in [1.82, 2.24) is 4.90 Å². The zero-order valence-electron chi connectivity index (χ0n) is 18.4. The van der Waals surface area contributed by atoms with Crippen LogP contribution < -0.4 is 15.5 Å². The number of carbonyl (C=O) groups is 4. The summed E-state index contributed by atoms with van der Waals surface area (Å²) in [6, 6.07) is 8.75. The fraction of sp³-hybridized carbons (Fsp3) is 0.304. The van der Waals surface area contributed by atoms with Crippen molar-refractivity contribution in [2.24, 2.45) is 0 Å². The molecule has 0 aliphatic carbocycles. The van der Waals surface area contributed by atoms with Crippen molar-refractivity contribution in [1.29, 1.82) is 0 Å². The number of benzene rings is 2. The molecule has 35 heavy (non-hydrogen) atoms. The number of carboxylic acids is 1. The summed E-state index contributed by atoms with van der Waals surface area (Å²) in [5, 5.41) is 25.8. The van der Waals surface area contributed by atoms with Gasteiger partial charge < -0.3 is 35.4 Å². The summed E-state index contributed by atoms with van der Waals surface area (Å²) in [5.74, 6) is -2.35. The van der Waals surface area contributed by atoms with Gasteiger partial charge >= 0.3 is 12.0 Å². The summed E-state index contributed by atoms with van der Waals surface area (Å²) in [7, 11) is 0. The minimum atomic E-state index is -1.31. The second-order valence-corrected chi connectivity index (χ2v) is 8.49. The minimum absolute atomic E-state index is 0.0240. The summed E-state index contributed by atoms with van der Waals surface area (Å²) >= 11 is 5.86. The van der Waals surface area contributed by atoms with E-state index in [1.807, 2.05) is 0 Å². The van der Waals surface area contributed by atoms with Gasteiger partial charge in [0.05, 0.1) is 24.0 Å². The number of amides is 4. The first-order valence-corrected chi connectivity index (χ1v) is 11.2. The number of carbonyl (C=O) groups excluding carboxylic acids is 3. The van der Waals surface area contributed by atoms with E-state index in [0.717, 1.165) is 0 Å². The number of aliphatic hydroxyl groups excluding tert-OH is 1. The lowest BCUT2D eigenvalue weighted by molar-refractivity contribution is -0.125. The second-order valence-electron chi connectivity index (χ2n) is 8.05. The minimum Gasteiger partial charge on any atom is -0.478 e. The number of morpholine rings is 1. The summed E-state index contributed by atoms with van der Waals surface area (Å²) in [5.41, 5.74) is 0.559. The van der Waals surface area contributed by atoms with Crippen molar-refractivity contribution >= 4 is 52.5 Å². The van der Waals surface area contributed by atoms with E-state index in [-0.39, 0.29) is 43.3 Å². The molecule has 2 saturated heterocycles. The Morgan fingerprint density at radius 2 is 1.80 bits per heavy atom. The molecule has 2 heterocycles. The molecule has 2 atom stereocenters. The van der Waals surface area contributed by atoms with Gasteiger partial charge in [-0.15, -0.1) is 0 Å². The van der Waals surface area contributed by atoms with Gasteiger partial charge in [0.2, 0.25) is 5.91 Å². The number of ether oxygens (including phenoxy) is 1. The van der Waals surface area contributed by atoms with E-state index in [0.29, 0.717) is 23.0 Å². The van der Waals surface area contributed by atoms with Crippen molar-refractivity contribution < 1.29 is 34.1 Å². The molecule has 2 fully saturated rings. The predicted molar refractivity (Wildman–Crippen MR) is 127 cm³/mol. The van der Waals surface area contributed by atoms with Crippen LogP contribution in [0.2, 0.25) is 5.02 Å². The predicted octanol–water partition coefficient (Wildman–Crippen LogP) is 2.01. The number of hydrogen-bond donors (Lipinski definition) is 4. The van der Waals surface area contributed by atoms with Crippen LogP contribution >= 0.6 is 11.6 Å². The third-order valence-electron chi connectivity index (χ3n) is 5.78. The number of halogens is 1. The van der Waals surface area contributed by atoms with Crippen molar-refractivity contribution in [3.05, 3.63) is 53.1 Å². The molecule has 2 aromatic rings. The van der Waals surface area contributed by atoms with Crippen LogP contribution in [0.3, 0.4) is 0 Å². The Morgan fingerprint density at radius 3 is 2.49 bits per heavy atom. The van der Waals surface area contributed by atoms with E-state index >= 15 is 0 Å². The molecular weight excluding hydrogens is 480 g/mol. The molecule has 2 aliphatic heterocycles. The van der Waals surface area contributed by atoms with Crippen LogP contribution in [0, 0.1) is 0 Å². The SMILES string of the molecule is O=C(O)c1cc(N2CCOCC2=O)ccc1NC(=O)[C@H]1C(O)CCN1C(=O)Nc1ccc(Cl)cc1. The zero-order valence-corrected chi connectivity index (χ0v) is 19.2. The molecule has 2 aromatic carbocycles. The lowest BCUT2D eigenvalue weighted by Crippen LogP contribution is -2.49. The van der Waals surface area contributed by atoms with Crippen LogP contribution in [0.1, 0.15) is 16.8 Å². The van der Waals surface area contributed by atoms with Crippen molar-refractivity contribution in [2.75, 3.05) is 41.8 Å². The number of rotatable bonds is 5. The Bertz CT molecular complexity index is 1160. The largest absolute Gasteiger partial charge is 0.478 e. The van der Waals surface area contributed by atoms with Gasteiger partial charge in [-0.2, -0.15) is 0 Å². The van der Waals surface area contributed by atoms with Crippen LogP contribution in [0.15, 0.2) is 42.5 Å². The molecule has 184 valence electrons. The van der Waals surface area contributed by atoms with Gasteiger partial charge in [-0.05, 0) is 48.9 Å². The lowest BCUT2D eigenvalue weighted by atomic mass is 10.1. The van der Waals surface area contributed by atoms with Gasteiger partial charge in [-0.3, -0.25) is 9.59 Å². The van der Waals surface area contributed by atoms with Gasteiger partial charge in [0.1, 0.15) is 12.6 Å². The maximum absolute atomic E-state index is 13.1.